The highest BCUT2D eigenvalue weighted by Gasteiger charge is 2.26. The molecule has 0 bridgehead atoms. The van der Waals surface area contributed by atoms with E-state index in [-0.39, 0.29) is 6.10 Å². The number of benzene rings is 1. The molecule has 3 nitrogen and oxygen atoms in total. The first-order valence-corrected chi connectivity index (χ1v) is 8.24. The number of hydrogen-bond donors (Lipinski definition) is 2. The lowest BCUT2D eigenvalue weighted by atomic mass is 9.91. The number of likely N-dealkylation sites (N-methyl/N-ethyl adjacent to an activating group) is 1. The molecule has 0 spiro atoms. The lowest BCUT2D eigenvalue weighted by Gasteiger charge is -2.36. The lowest BCUT2D eigenvalue weighted by molar-refractivity contribution is 0.0308. The Bertz CT molecular complexity index is 418. The summed E-state index contributed by atoms with van der Waals surface area (Å²) >= 11 is 0. The molecule has 118 valence electrons. The van der Waals surface area contributed by atoms with E-state index in [1.165, 1.54) is 24.0 Å². The van der Waals surface area contributed by atoms with Crippen LogP contribution in [-0.4, -0.2) is 42.8 Å². The SMILES string of the molecule is CNC(CCN(C)C1CCCCC1O)c1ccc(C)cc1. The number of nitrogens with one attached hydrogen (secondary N) is 1. The van der Waals surface area contributed by atoms with Crippen molar-refractivity contribution < 1.29 is 5.11 Å². The van der Waals surface area contributed by atoms with E-state index < -0.39 is 0 Å². The van der Waals surface area contributed by atoms with Crippen LogP contribution >= 0.6 is 0 Å². The summed E-state index contributed by atoms with van der Waals surface area (Å²) in [6.07, 6.45) is 5.44. The summed E-state index contributed by atoms with van der Waals surface area (Å²) in [5.41, 5.74) is 2.65. The van der Waals surface area contributed by atoms with Gasteiger partial charge in [0.1, 0.15) is 0 Å². The molecule has 3 heteroatoms. The van der Waals surface area contributed by atoms with Crippen molar-refractivity contribution in [3.63, 3.8) is 0 Å². The van der Waals surface area contributed by atoms with Crippen LogP contribution in [0.2, 0.25) is 0 Å². The molecule has 0 amide bonds. The van der Waals surface area contributed by atoms with Gasteiger partial charge in [0.15, 0.2) is 0 Å². The molecule has 21 heavy (non-hydrogen) atoms. The van der Waals surface area contributed by atoms with E-state index >= 15 is 0 Å². The quantitative estimate of drug-likeness (QED) is 0.845. The van der Waals surface area contributed by atoms with Gasteiger partial charge in [0.05, 0.1) is 6.10 Å². The molecular formula is C18H30N2O. The maximum atomic E-state index is 10.2. The van der Waals surface area contributed by atoms with Crippen LogP contribution in [0.4, 0.5) is 0 Å². The highest BCUT2D eigenvalue weighted by molar-refractivity contribution is 5.24. The Morgan fingerprint density at radius 2 is 1.90 bits per heavy atom. The highest BCUT2D eigenvalue weighted by atomic mass is 16.3. The maximum Gasteiger partial charge on any atom is 0.0695 e. The Labute approximate surface area is 129 Å². The molecular weight excluding hydrogens is 260 g/mol. The number of aliphatic hydroxyl groups excluding tert-OH is 1. The number of aryl methyl sites for hydroxylation is 1. The third-order valence-corrected chi connectivity index (χ3v) is 4.86. The van der Waals surface area contributed by atoms with Crippen molar-refractivity contribution in [3.8, 4) is 0 Å². The van der Waals surface area contributed by atoms with Crippen molar-refractivity contribution in [1.29, 1.82) is 0 Å². The molecule has 1 fully saturated rings. The van der Waals surface area contributed by atoms with Crippen molar-refractivity contribution in [1.82, 2.24) is 10.2 Å². The van der Waals surface area contributed by atoms with Crippen LogP contribution in [0.3, 0.4) is 0 Å². The second-order valence-corrected chi connectivity index (χ2v) is 6.44. The van der Waals surface area contributed by atoms with Crippen LogP contribution in [0.5, 0.6) is 0 Å². The molecule has 0 aromatic heterocycles. The predicted octanol–water partition coefficient (Wildman–Crippen LogP) is 2.88. The van der Waals surface area contributed by atoms with Crippen molar-refractivity contribution in [2.45, 2.75) is 57.2 Å². The Kier molecular flexibility index (Phi) is 6.22. The molecule has 0 heterocycles. The number of hydrogen-bond acceptors (Lipinski definition) is 3. The molecule has 3 unspecified atom stereocenters. The zero-order chi connectivity index (χ0) is 15.2. The van der Waals surface area contributed by atoms with Crippen LogP contribution in [0, 0.1) is 6.92 Å². The summed E-state index contributed by atoms with van der Waals surface area (Å²) in [7, 11) is 4.18. The number of nitrogens with zero attached hydrogens (tertiary/aromatic N) is 1. The molecule has 0 aliphatic heterocycles. The van der Waals surface area contributed by atoms with Gasteiger partial charge in [0, 0.05) is 18.6 Å². The molecule has 0 radical (unpaired) electrons. The zero-order valence-electron chi connectivity index (χ0n) is 13.7. The van der Waals surface area contributed by atoms with Crippen LogP contribution in [0.1, 0.15) is 49.3 Å². The van der Waals surface area contributed by atoms with E-state index in [1.54, 1.807) is 0 Å². The Balaban J connectivity index is 1.88. The first-order valence-electron chi connectivity index (χ1n) is 8.24. The fourth-order valence-corrected chi connectivity index (χ4v) is 3.38. The lowest BCUT2D eigenvalue weighted by Crippen LogP contribution is -2.44. The molecule has 1 aromatic carbocycles. The smallest absolute Gasteiger partial charge is 0.0695 e. The molecule has 1 aliphatic carbocycles. The van der Waals surface area contributed by atoms with Gasteiger partial charge in [-0.2, -0.15) is 0 Å². The van der Waals surface area contributed by atoms with Crippen molar-refractivity contribution >= 4 is 0 Å². The number of aliphatic hydroxyl groups is 1. The average Bonchev–Trinajstić information content (AvgIpc) is 2.49. The van der Waals surface area contributed by atoms with Crippen LogP contribution < -0.4 is 5.32 Å². The summed E-state index contributed by atoms with van der Waals surface area (Å²) in [6.45, 7) is 3.14. The number of rotatable bonds is 6. The summed E-state index contributed by atoms with van der Waals surface area (Å²) in [5.74, 6) is 0. The Hall–Kier alpha value is -0.900. The molecule has 1 aromatic rings. The minimum atomic E-state index is -0.142. The van der Waals surface area contributed by atoms with E-state index in [9.17, 15) is 5.11 Å². The van der Waals surface area contributed by atoms with Crippen LogP contribution in [-0.2, 0) is 0 Å². The summed E-state index contributed by atoms with van der Waals surface area (Å²) in [6, 6.07) is 9.50. The minimum absolute atomic E-state index is 0.142. The topological polar surface area (TPSA) is 35.5 Å². The third-order valence-electron chi connectivity index (χ3n) is 4.86. The second kappa shape index (κ2) is 7.92. The fourth-order valence-electron chi connectivity index (χ4n) is 3.38. The average molecular weight is 290 g/mol. The summed E-state index contributed by atoms with van der Waals surface area (Å²) in [4.78, 5) is 2.35. The fraction of sp³-hybridized carbons (Fsp3) is 0.667. The van der Waals surface area contributed by atoms with Gasteiger partial charge in [0.2, 0.25) is 0 Å². The first-order chi connectivity index (χ1) is 10.1. The van der Waals surface area contributed by atoms with Crippen molar-refractivity contribution in [3.05, 3.63) is 35.4 Å². The molecule has 2 rings (SSSR count). The Morgan fingerprint density at radius 3 is 2.52 bits per heavy atom. The summed E-state index contributed by atoms with van der Waals surface area (Å²) < 4.78 is 0. The molecule has 3 atom stereocenters. The maximum absolute atomic E-state index is 10.2. The van der Waals surface area contributed by atoms with Crippen LogP contribution in [0.15, 0.2) is 24.3 Å². The van der Waals surface area contributed by atoms with Crippen LogP contribution in [0.25, 0.3) is 0 Å². The van der Waals surface area contributed by atoms with Gasteiger partial charge < -0.3 is 15.3 Å². The van der Waals surface area contributed by atoms with Crippen molar-refractivity contribution in [2.24, 2.45) is 0 Å². The van der Waals surface area contributed by atoms with Gasteiger partial charge in [0.25, 0.3) is 0 Å². The minimum Gasteiger partial charge on any atom is -0.391 e. The zero-order valence-corrected chi connectivity index (χ0v) is 13.7. The van der Waals surface area contributed by atoms with Gasteiger partial charge in [-0.1, -0.05) is 42.7 Å². The van der Waals surface area contributed by atoms with Gasteiger partial charge in [-0.15, -0.1) is 0 Å². The monoisotopic (exact) mass is 290 g/mol. The molecule has 0 saturated heterocycles. The highest BCUT2D eigenvalue weighted by Crippen LogP contribution is 2.24. The van der Waals surface area contributed by atoms with Gasteiger partial charge in [-0.3, -0.25) is 0 Å². The normalized spacial score (nSPS) is 24.2. The first kappa shape index (κ1) is 16.5. The van der Waals surface area contributed by atoms with Gasteiger partial charge in [-0.25, -0.2) is 0 Å². The van der Waals surface area contributed by atoms with E-state index in [0.717, 1.165) is 25.8 Å². The van der Waals surface area contributed by atoms with Crippen molar-refractivity contribution in [2.75, 3.05) is 20.6 Å². The molecule has 1 saturated carbocycles. The summed E-state index contributed by atoms with van der Waals surface area (Å²) in [5, 5.41) is 13.6. The Morgan fingerprint density at radius 1 is 1.24 bits per heavy atom. The molecule has 1 aliphatic rings. The van der Waals surface area contributed by atoms with Gasteiger partial charge >= 0.3 is 0 Å². The van der Waals surface area contributed by atoms with E-state index in [0.29, 0.717) is 12.1 Å². The third kappa shape index (κ3) is 4.53. The molecule has 2 N–H and O–H groups in total. The van der Waals surface area contributed by atoms with Gasteiger partial charge in [-0.05, 0) is 45.8 Å². The largest absolute Gasteiger partial charge is 0.391 e. The van der Waals surface area contributed by atoms with E-state index in [2.05, 4.69) is 48.5 Å². The van der Waals surface area contributed by atoms with E-state index in [4.69, 9.17) is 0 Å². The van der Waals surface area contributed by atoms with E-state index in [1.807, 2.05) is 7.05 Å². The predicted molar refractivity (Wildman–Crippen MR) is 88.5 cm³/mol. The standard InChI is InChI=1S/C18H30N2O/c1-14-8-10-15(11-9-14)16(19-2)12-13-20(3)17-6-4-5-7-18(17)21/h8-11,16-19,21H,4-7,12-13H2,1-3H3. The second-order valence-electron chi connectivity index (χ2n) is 6.44.